The molecule has 0 aliphatic heterocycles. The Balaban J connectivity index is 1.64. The lowest BCUT2D eigenvalue weighted by molar-refractivity contribution is 0.567. The van der Waals surface area contributed by atoms with Crippen molar-refractivity contribution in [3.05, 3.63) is 18.1 Å². The molecule has 4 nitrogen and oxygen atoms in total. The van der Waals surface area contributed by atoms with Crippen LogP contribution in [-0.4, -0.2) is 28.6 Å². The molecule has 0 spiro atoms. The Labute approximate surface area is 122 Å². The number of hydrogen-bond donors (Lipinski definition) is 1. The minimum absolute atomic E-state index is 0.703. The van der Waals surface area contributed by atoms with Gasteiger partial charge in [-0.3, -0.25) is 4.98 Å². The van der Waals surface area contributed by atoms with Gasteiger partial charge in [0.25, 0.3) is 0 Å². The van der Waals surface area contributed by atoms with Crippen LogP contribution < -0.4 is 10.2 Å². The van der Waals surface area contributed by atoms with Crippen LogP contribution in [0.15, 0.2) is 12.4 Å². The predicted molar refractivity (Wildman–Crippen MR) is 81.7 cm³/mol. The zero-order valence-electron chi connectivity index (χ0n) is 12.7. The van der Waals surface area contributed by atoms with E-state index in [2.05, 4.69) is 29.0 Å². The molecule has 1 N–H and O–H groups in total. The highest BCUT2D eigenvalue weighted by molar-refractivity contribution is 5.39. The third-order valence-electron chi connectivity index (χ3n) is 4.05. The van der Waals surface area contributed by atoms with Crippen molar-refractivity contribution in [2.45, 2.75) is 64.6 Å². The second kappa shape index (κ2) is 6.08. The molecule has 0 bridgehead atoms. The molecule has 4 heteroatoms. The van der Waals surface area contributed by atoms with Gasteiger partial charge < -0.3 is 10.2 Å². The minimum Gasteiger partial charge on any atom is -0.352 e. The number of nitrogens with zero attached hydrogens (tertiary/aromatic N) is 3. The molecular formula is C16H26N4. The normalized spacial score (nSPS) is 18.6. The summed E-state index contributed by atoms with van der Waals surface area (Å²) in [6.07, 6.45) is 10.3. The van der Waals surface area contributed by atoms with E-state index in [4.69, 9.17) is 4.98 Å². The first-order valence-electron chi connectivity index (χ1n) is 8.03. The van der Waals surface area contributed by atoms with Crippen LogP contribution in [0.5, 0.6) is 0 Å². The van der Waals surface area contributed by atoms with Crippen molar-refractivity contribution in [1.29, 1.82) is 0 Å². The van der Waals surface area contributed by atoms with E-state index < -0.39 is 0 Å². The Bertz CT molecular complexity index is 438. The van der Waals surface area contributed by atoms with Gasteiger partial charge in [-0.1, -0.05) is 13.8 Å². The molecule has 0 radical (unpaired) electrons. The number of nitrogens with one attached hydrogen (secondary N) is 1. The van der Waals surface area contributed by atoms with Crippen molar-refractivity contribution >= 4 is 5.82 Å². The average molecular weight is 274 g/mol. The van der Waals surface area contributed by atoms with Gasteiger partial charge in [-0.05, 0) is 38.0 Å². The van der Waals surface area contributed by atoms with Gasteiger partial charge in [0, 0.05) is 31.4 Å². The van der Waals surface area contributed by atoms with Crippen LogP contribution in [0.2, 0.25) is 0 Å². The van der Waals surface area contributed by atoms with Crippen molar-refractivity contribution in [2.75, 3.05) is 11.4 Å². The molecular weight excluding hydrogens is 248 g/mol. The monoisotopic (exact) mass is 274 g/mol. The summed E-state index contributed by atoms with van der Waals surface area (Å²) < 4.78 is 0. The second-order valence-corrected chi connectivity index (χ2v) is 6.63. The molecule has 2 saturated carbocycles. The van der Waals surface area contributed by atoms with Crippen molar-refractivity contribution in [1.82, 2.24) is 15.3 Å². The highest BCUT2D eigenvalue weighted by atomic mass is 15.2. The van der Waals surface area contributed by atoms with Crippen LogP contribution in [0.25, 0.3) is 0 Å². The molecule has 2 fully saturated rings. The molecule has 1 aromatic heterocycles. The lowest BCUT2D eigenvalue weighted by atomic mass is 10.1. The fourth-order valence-electron chi connectivity index (χ4n) is 2.42. The van der Waals surface area contributed by atoms with Crippen LogP contribution in [0.3, 0.4) is 0 Å². The van der Waals surface area contributed by atoms with E-state index in [1.165, 1.54) is 32.1 Å². The third-order valence-corrected chi connectivity index (χ3v) is 4.05. The summed E-state index contributed by atoms with van der Waals surface area (Å²) in [6, 6.07) is 1.43. The van der Waals surface area contributed by atoms with Crippen molar-refractivity contribution in [2.24, 2.45) is 5.92 Å². The molecule has 0 amide bonds. The lowest BCUT2D eigenvalue weighted by Gasteiger charge is -2.24. The molecule has 0 saturated heterocycles. The topological polar surface area (TPSA) is 41.1 Å². The SMILES string of the molecule is CC(C)CCN(c1cncc(CNC2CC2)n1)C1CC1. The molecule has 0 atom stereocenters. The highest BCUT2D eigenvalue weighted by Crippen LogP contribution is 2.31. The zero-order valence-corrected chi connectivity index (χ0v) is 12.7. The van der Waals surface area contributed by atoms with Gasteiger partial charge in [0.15, 0.2) is 0 Å². The number of anilines is 1. The Morgan fingerprint density at radius 2 is 2.05 bits per heavy atom. The van der Waals surface area contributed by atoms with Crippen LogP contribution in [0.1, 0.15) is 51.6 Å². The molecule has 2 aliphatic rings. The van der Waals surface area contributed by atoms with E-state index in [9.17, 15) is 0 Å². The maximum absolute atomic E-state index is 4.81. The van der Waals surface area contributed by atoms with Crippen molar-refractivity contribution in [3.8, 4) is 0 Å². The first-order valence-corrected chi connectivity index (χ1v) is 8.03. The summed E-state index contributed by atoms with van der Waals surface area (Å²) in [5.41, 5.74) is 1.07. The van der Waals surface area contributed by atoms with E-state index in [1.54, 1.807) is 0 Å². The number of hydrogen-bond acceptors (Lipinski definition) is 4. The van der Waals surface area contributed by atoms with E-state index in [-0.39, 0.29) is 0 Å². The Kier molecular flexibility index (Phi) is 4.20. The second-order valence-electron chi connectivity index (χ2n) is 6.63. The molecule has 2 aliphatic carbocycles. The first kappa shape index (κ1) is 13.8. The van der Waals surface area contributed by atoms with Gasteiger partial charge in [-0.15, -0.1) is 0 Å². The summed E-state index contributed by atoms with van der Waals surface area (Å²) in [7, 11) is 0. The number of rotatable bonds is 8. The Morgan fingerprint density at radius 1 is 1.25 bits per heavy atom. The Hall–Kier alpha value is -1.16. The van der Waals surface area contributed by atoms with Gasteiger partial charge in [0.1, 0.15) is 5.82 Å². The van der Waals surface area contributed by atoms with Gasteiger partial charge >= 0.3 is 0 Å². The fraction of sp³-hybridized carbons (Fsp3) is 0.750. The summed E-state index contributed by atoms with van der Waals surface area (Å²) in [4.78, 5) is 11.7. The molecule has 20 heavy (non-hydrogen) atoms. The van der Waals surface area contributed by atoms with E-state index >= 15 is 0 Å². The molecule has 1 heterocycles. The lowest BCUT2D eigenvalue weighted by Crippen LogP contribution is -2.29. The van der Waals surface area contributed by atoms with Crippen molar-refractivity contribution < 1.29 is 0 Å². The largest absolute Gasteiger partial charge is 0.352 e. The first-order chi connectivity index (χ1) is 9.72. The zero-order chi connectivity index (χ0) is 13.9. The summed E-state index contributed by atoms with van der Waals surface area (Å²) in [6.45, 7) is 6.53. The van der Waals surface area contributed by atoms with Gasteiger partial charge in [-0.25, -0.2) is 4.98 Å². The average Bonchev–Trinajstić information content (AvgIpc) is 3.30. The molecule has 3 rings (SSSR count). The van der Waals surface area contributed by atoms with Gasteiger partial charge in [-0.2, -0.15) is 0 Å². The minimum atomic E-state index is 0.703. The van der Waals surface area contributed by atoms with E-state index in [0.717, 1.165) is 36.6 Å². The maximum atomic E-state index is 4.81. The summed E-state index contributed by atoms with van der Waals surface area (Å²) in [5.74, 6) is 1.81. The number of aromatic nitrogens is 2. The quantitative estimate of drug-likeness (QED) is 0.791. The predicted octanol–water partition coefficient (Wildman–Crippen LogP) is 2.74. The molecule has 1 aromatic rings. The molecule has 0 unspecified atom stereocenters. The molecule has 0 aromatic carbocycles. The van der Waals surface area contributed by atoms with Crippen LogP contribution in [0, 0.1) is 5.92 Å². The summed E-state index contributed by atoms with van der Waals surface area (Å²) >= 11 is 0. The van der Waals surface area contributed by atoms with Gasteiger partial charge in [0.2, 0.25) is 0 Å². The third kappa shape index (κ3) is 3.92. The van der Waals surface area contributed by atoms with E-state index in [0.29, 0.717) is 6.04 Å². The fourth-order valence-corrected chi connectivity index (χ4v) is 2.42. The molecule has 110 valence electrons. The van der Waals surface area contributed by atoms with E-state index in [1.807, 2.05) is 12.4 Å². The van der Waals surface area contributed by atoms with Gasteiger partial charge in [0.05, 0.1) is 11.9 Å². The van der Waals surface area contributed by atoms with Crippen LogP contribution in [-0.2, 0) is 6.54 Å². The van der Waals surface area contributed by atoms with Crippen molar-refractivity contribution in [3.63, 3.8) is 0 Å². The standard InChI is InChI=1S/C16H26N4/c1-12(2)7-8-20(15-5-6-15)16-11-17-9-14(19-16)10-18-13-3-4-13/h9,11-13,15,18H,3-8,10H2,1-2H3. The maximum Gasteiger partial charge on any atom is 0.147 e. The van der Waals surface area contributed by atoms with Crippen LogP contribution in [0.4, 0.5) is 5.82 Å². The highest BCUT2D eigenvalue weighted by Gasteiger charge is 2.30. The smallest absolute Gasteiger partial charge is 0.147 e. The Morgan fingerprint density at radius 3 is 2.70 bits per heavy atom. The van der Waals surface area contributed by atoms with Crippen LogP contribution >= 0.6 is 0 Å². The summed E-state index contributed by atoms with van der Waals surface area (Å²) in [5, 5.41) is 3.51.